The molecule has 8 heteroatoms. The number of hydrogen-bond donors (Lipinski definition) is 2. The van der Waals surface area contributed by atoms with E-state index in [-0.39, 0.29) is 18.4 Å². The summed E-state index contributed by atoms with van der Waals surface area (Å²) >= 11 is 1.40. The van der Waals surface area contributed by atoms with Crippen molar-refractivity contribution in [2.45, 2.75) is 38.5 Å². The monoisotopic (exact) mass is 363 g/mol. The largest absolute Gasteiger partial charge is 0.487 e. The maximum atomic E-state index is 14.4. The molecule has 1 aromatic heterocycles. The molecular weight excluding hydrogens is 345 g/mol. The number of hydrogen-bond acceptors (Lipinski definition) is 5. The maximum absolute atomic E-state index is 14.4. The zero-order valence-electron chi connectivity index (χ0n) is 13.5. The predicted octanol–water partition coefficient (Wildman–Crippen LogP) is 3.22. The van der Waals surface area contributed by atoms with Crippen LogP contribution in [0, 0.1) is 5.82 Å². The molecule has 2 heterocycles. The average Bonchev–Trinajstić information content (AvgIpc) is 3.32. The highest BCUT2D eigenvalue weighted by Gasteiger charge is 2.25. The van der Waals surface area contributed by atoms with Crippen LogP contribution < -0.4 is 15.4 Å². The highest BCUT2D eigenvalue weighted by molar-refractivity contribution is 7.15. The van der Waals surface area contributed by atoms with Crippen molar-refractivity contribution in [3.63, 3.8) is 0 Å². The van der Waals surface area contributed by atoms with Gasteiger partial charge in [-0.3, -0.25) is 5.32 Å². The van der Waals surface area contributed by atoms with E-state index < -0.39 is 11.8 Å². The third kappa shape index (κ3) is 3.91. The Bertz CT molecular complexity index is 768. The van der Waals surface area contributed by atoms with E-state index in [1.54, 1.807) is 18.2 Å². The van der Waals surface area contributed by atoms with E-state index in [0.717, 1.165) is 29.8 Å². The normalized spacial score (nSPS) is 16.2. The van der Waals surface area contributed by atoms with Crippen molar-refractivity contribution < 1.29 is 18.7 Å². The molecule has 1 aromatic carbocycles. The van der Waals surface area contributed by atoms with Crippen LogP contribution in [0.2, 0.25) is 0 Å². The Morgan fingerprint density at radius 3 is 3.12 bits per heavy atom. The summed E-state index contributed by atoms with van der Waals surface area (Å²) in [5.41, 5.74) is 1.36. The number of benzene rings is 1. The van der Waals surface area contributed by atoms with E-state index in [1.165, 1.54) is 11.3 Å². The van der Waals surface area contributed by atoms with Crippen LogP contribution in [0.15, 0.2) is 18.2 Å². The third-order valence-electron chi connectivity index (χ3n) is 4.02. The SMILES string of the molecule is O=C(NCc1cccc(OC2CC2)c1F)Nc1nc2c(s1)COCC2. The van der Waals surface area contributed by atoms with Crippen molar-refractivity contribution >= 4 is 22.5 Å². The van der Waals surface area contributed by atoms with Gasteiger partial charge < -0.3 is 14.8 Å². The van der Waals surface area contributed by atoms with Crippen molar-refractivity contribution in [3.05, 3.63) is 40.2 Å². The molecule has 0 saturated heterocycles. The zero-order valence-corrected chi connectivity index (χ0v) is 14.3. The Balaban J connectivity index is 1.34. The highest BCUT2D eigenvalue weighted by Crippen LogP contribution is 2.30. The molecule has 25 heavy (non-hydrogen) atoms. The first kappa shape index (κ1) is 16.3. The molecule has 1 aliphatic heterocycles. The van der Waals surface area contributed by atoms with Gasteiger partial charge in [-0.2, -0.15) is 0 Å². The number of amides is 2. The fourth-order valence-electron chi connectivity index (χ4n) is 2.54. The molecule has 0 spiro atoms. The van der Waals surface area contributed by atoms with Crippen LogP contribution in [0.4, 0.5) is 14.3 Å². The molecule has 6 nitrogen and oxygen atoms in total. The van der Waals surface area contributed by atoms with Crippen LogP contribution in [0.3, 0.4) is 0 Å². The molecule has 2 aliphatic rings. The quantitative estimate of drug-likeness (QED) is 0.856. The lowest BCUT2D eigenvalue weighted by Crippen LogP contribution is -2.28. The summed E-state index contributed by atoms with van der Waals surface area (Å²) in [5.74, 6) is -0.175. The summed E-state index contributed by atoms with van der Waals surface area (Å²) in [6.07, 6.45) is 2.81. The Kier molecular flexibility index (Phi) is 4.54. The van der Waals surface area contributed by atoms with E-state index in [9.17, 15) is 9.18 Å². The van der Waals surface area contributed by atoms with Crippen LogP contribution in [0.1, 0.15) is 29.0 Å². The summed E-state index contributed by atoms with van der Waals surface area (Å²) in [4.78, 5) is 17.5. The standard InChI is InChI=1S/C17H18FN3O3S/c18-15-10(2-1-3-13(15)24-11-4-5-11)8-19-16(22)21-17-20-12-6-7-23-9-14(12)25-17/h1-3,11H,4-9H2,(H2,19,20,21,22). The number of aromatic nitrogens is 1. The summed E-state index contributed by atoms with van der Waals surface area (Å²) in [5, 5.41) is 5.88. The summed E-state index contributed by atoms with van der Waals surface area (Å²) < 4.78 is 25.3. The molecule has 0 radical (unpaired) electrons. The fraction of sp³-hybridized carbons (Fsp3) is 0.412. The molecule has 1 aliphatic carbocycles. The number of nitrogens with zero attached hydrogens (tertiary/aromatic N) is 1. The van der Waals surface area contributed by atoms with Crippen molar-refractivity contribution in [3.8, 4) is 5.75 Å². The zero-order chi connectivity index (χ0) is 17.2. The lowest BCUT2D eigenvalue weighted by atomic mass is 10.2. The summed E-state index contributed by atoms with van der Waals surface area (Å²) in [7, 11) is 0. The molecule has 2 aromatic rings. The minimum atomic E-state index is -0.420. The van der Waals surface area contributed by atoms with Gasteiger partial charge in [0.2, 0.25) is 0 Å². The molecule has 1 fully saturated rings. The molecule has 0 atom stereocenters. The number of anilines is 1. The number of thiazole rings is 1. The van der Waals surface area contributed by atoms with Crippen LogP contribution in [-0.2, 0) is 24.3 Å². The van der Waals surface area contributed by atoms with E-state index in [1.807, 2.05) is 0 Å². The van der Waals surface area contributed by atoms with Crippen LogP contribution in [-0.4, -0.2) is 23.7 Å². The second kappa shape index (κ2) is 6.97. The molecule has 1 saturated carbocycles. The van der Waals surface area contributed by atoms with Gasteiger partial charge >= 0.3 is 6.03 Å². The van der Waals surface area contributed by atoms with Crippen molar-refractivity contribution in [1.82, 2.24) is 10.3 Å². The van der Waals surface area contributed by atoms with Crippen molar-refractivity contribution in [2.75, 3.05) is 11.9 Å². The van der Waals surface area contributed by atoms with Crippen molar-refractivity contribution in [2.24, 2.45) is 0 Å². The van der Waals surface area contributed by atoms with Gasteiger partial charge in [-0.15, -0.1) is 0 Å². The number of ether oxygens (including phenoxy) is 2. The van der Waals surface area contributed by atoms with Gasteiger partial charge in [0.05, 0.1) is 29.9 Å². The molecule has 0 bridgehead atoms. The van der Waals surface area contributed by atoms with Gasteiger partial charge in [-0.1, -0.05) is 23.5 Å². The smallest absolute Gasteiger partial charge is 0.321 e. The van der Waals surface area contributed by atoms with Crippen LogP contribution in [0.5, 0.6) is 5.75 Å². The number of carbonyl (C=O) groups is 1. The van der Waals surface area contributed by atoms with Crippen LogP contribution >= 0.6 is 11.3 Å². The molecule has 132 valence electrons. The number of urea groups is 1. The van der Waals surface area contributed by atoms with E-state index in [0.29, 0.717) is 23.9 Å². The molecule has 0 unspecified atom stereocenters. The maximum Gasteiger partial charge on any atom is 0.321 e. The second-order valence-corrected chi connectivity index (χ2v) is 7.13. The number of rotatable bonds is 5. The van der Waals surface area contributed by atoms with Gasteiger partial charge in [-0.05, 0) is 18.9 Å². The number of carbonyl (C=O) groups excluding carboxylic acids is 1. The first-order chi connectivity index (χ1) is 12.2. The number of halogens is 1. The first-order valence-electron chi connectivity index (χ1n) is 8.24. The van der Waals surface area contributed by atoms with E-state index in [2.05, 4.69) is 15.6 Å². The van der Waals surface area contributed by atoms with E-state index >= 15 is 0 Å². The third-order valence-corrected chi connectivity index (χ3v) is 5.00. The second-order valence-electron chi connectivity index (χ2n) is 6.05. The minimum absolute atomic E-state index is 0.0771. The lowest BCUT2D eigenvalue weighted by molar-refractivity contribution is 0.112. The molecule has 4 rings (SSSR count). The van der Waals surface area contributed by atoms with Gasteiger partial charge in [0.25, 0.3) is 0 Å². The number of fused-ring (bicyclic) bond motifs is 1. The minimum Gasteiger partial charge on any atom is -0.487 e. The summed E-state index contributed by atoms with van der Waals surface area (Å²) in [6, 6.07) is 4.55. The molecule has 2 amide bonds. The Morgan fingerprint density at radius 1 is 1.44 bits per heavy atom. The van der Waals surface area contributed by atoms with Gasteiger partial charge in [0.1, 0.15) is 0 Å². The fourth-order valence-corrected chi connectivity index (χ4v) is 3.49. The topological polar surface area (TPSA) is 72.5 Å². The van der Waals surface area contributed by atoms with Gasteiger partial charge in [0, 0.05) is 18.5 Å². The van der Waals surface area contributed by atoms with Gasteiger partial charge in [0.15, 0.2) is 16.7 Å². The Morgan fingerprint density at radius 2 is 2.32 bits per heavy atom. The first-order valence-corrected chi connectivity index (χ1v) is 9.06. The highest BCUT2D eigenvalue weighted by atomic mass is 32.1. The van der Waals surface area contributed by atoms with Gasteiger partial charge in [-0.25, -0.2) is 14.2 Å². The lowest BCUT2D eigenvalue weighted by Gasteiger charge is -2.10. The Labute approximate surface area is 148 Å². The summed E-state index contributed by atoms with van der Waals surface area (Å²) in [6.45, 7) is 1.27. The molecular formula is C17H18FN3O3S. The van der Waals surface area contributed by atoms with Crippen LogP contribution in [0.25, 0.3) is 0 Å². The average molecular weight is 363 g/mol. The van der Waals surface area contributed by atoms with Crippen molar-refractivity contribution in [1.29, 1.82) is 0 Å². The predicted molar refractivity (Wildman–Crippen MR) is 91.4 cm³/mol. The molecule has 2 N–H and O–H groups in total. The van der Waals surface area contributed by atoms with E-state index in [4.69, 9.17) is 9.47 Å². The Hall–Kier alpha value is -2.19. The number of nitrogens with one attached hydrogen (secondary N) is 2.